The second-order valence-electron chi connectivity index (χ2n) is 4.34. The highest BCUT2D eigenvalue weighted by Gasteiger charge is 2.12. The number of carbonyl (C=O) groups excluding carboxylic acids is 1. The summed E-state index contributed by atoms with van der Waals surface area (Å²) in [6, 6.07) is 3.19. The third kappa shape index (κ3) is 5.78. The van der Waals surface area contributed by atoms with Gasteiger partial charge in [0.1, 0.15) is 5.82 Å². The van der Waals surface area contributed by atoms with Crippen LogP contribution in [0.3, 0.4) is 0 Å². The summed E-state index contributed by atoms with van der Waals surface area (Å²) < 4.78 is 11.0. The Labute approximate surface area is 115 Å². The van der Waals surface area contributed by atoms with Gasteiger partial charge in [-0.2, -0.15) is 0 Å². The Morgan fingerprint density at radius 1 is 1.42 bits per heavy atom. The maximum Gasteiger partial charge on any atom is 0.272 e. The molecule has 1 heterocycles. The number of hydrogen-bond acceptors (Lipinski definition) is 5. The maximum absolute atomic E-state index is 11.8. The van der Waals surface area contributed by atoms with Gasteiger partial charge < -0.3 is 10.6 Å². The maximum atomic E-state index is 11.8. The third-order valence-electron chi connectivity index (χ3n) is 2.32. The molecule has 0 aliphatic carbocycles. The Balaban J connectivity index is 2.55. The van der Waals surface area contributed by atoms with Crippen molar-refractivity contribution in [2.75, 3.05) is 23.9 Å². The van der Waals surface area contributed by atoms with Crippen LogP contribution in [-0.2, 0) is 10.8 Å². The van der Waals surface area contributed by atoms with Crippen molar-refractivity contribution in [1.82, 2.24) is 15.5 Å². The van der Waals surface area contributed by atoms with Crippen molar-refractivity contribution in [2.24, 2.45) is 0 Å². The minimum atomic E-state index is -0.937. The zero-order valence-corrected chi connectivity index (χ0v) is 12.3. The van der Waals surface area contributed by atoms with Crippen molar-refractivity contribution in [2.45, 2.75) is 26.3 Å². The number of amides is 1. The average molecular weight is 284 g/mol. The summed E-state index contributed by atoms with van der Waals surface area (Å²) in [7, 11) is -0.937. The van der Waals surface area contributed by atoms with Crippen LogP contribution in [0.1, 0.15) is 30.8 Å². The van der Waals surface area contributed by atoms with Crippen molar-refractivity contribution in [3.8, 4) is 0 Å². The SMILES string of the molecule is CCCNc1ccc(C(=O)NC(C)CS(C)=O)nn1. The Kier molecular flexibility index (Phi) is 6.41. The number of nitrogens with one attached hydrogen (secondary N) is 2. The molecule has 7 heteroatoms. The molecule has 6 nitrogen and oxygen atoms in total. The predicted octanol–water partition coefficient (Wildman–Crippen LogP) is 0.795. The van der Waals surface area contributed by atoms with E-state index in [1.807, 2.05) is 6.92 Å². The molecule has 2 N–H and O–H groups in total. The summed E-state index contributed by atoms with van der Waals surface area (Å²) in [5.74, 6) is 0.781. The van der Waals surface area contributed by atoms with E-state index < -0.39 is 10.8 Å². The quantitative estimate of drug-likeness (QED) is 0.773. The number of carbonyl (C=O) groups is 1. The molecule has 0 spiro atoms. The molecule has 2 unspecified atom stereocenters. The molecule has 1 aromatic heterocycles. The Morgan fingerprint density at radius 3 is 2.68 bits per heavy atom. The molecule has 0 aliphatic rings. The normalized spacial score (nSPS) is 13.6. The molecule has 0 fully saturated rings. The number of aromatic nitrogens is 2. The Hall–Kier alpha value is -1.50. The molecule has 19 heavy (non-hydrogen) atoms. The third-order valence-corrected chi connectivity index (χ3v) is 3.28. The standard InChI is InChI=1S/C12H20N4O2S/c1-4-7-13-11-6-5-10(15-16-11)12(17)14-9(2)8-19(3)18/h5-6,9H,4,7-8H2,1-3H3,(H,13,16)(H,14,17). The fourth-order valence-corrected chi connectivity index (χ4v) is 2.28. The first-order valence-corrected chi connectivity index (χ1v) is 7.94. The van der Waals surface area contributed by atoms with Gasteiger partial charge in [-0.25, -0.2) is 0 Å². The molecule has 0 bridgehead atoms. The van der Waals surface area contributed by atoms with E-state index in [0.717, 1.165) is 13.0 Å². The van der Waals surface area contributed by atoms with Gasteiger partial charge in [-0.1, -0.05) is 6.92 Å². The van der Waals surface area contributed by atoms with E-state index in [9.17, 15) is 9.00 Å². The van der Waals surface area contributed by atoms with Crippen molar-refractivity contribution in [3.05, 3.63) is 17.8 Å². The predicted molar refractivity (Wildman–Crippen MR) is 76.7 cm³/mol. The van der Waals surface area contributed by atoms with E-state index in [2.05, 4.69) is 27.8 Å². The zero-order chi connectivity index (χ0) is 14.3. The Morgan fingerprint density at radius 2 is 2.16 bits per heavy atom. The highest BCUT2D eigenvalue weighted by atomic mass is 32.2. The van der Waals surface area contributed by atoms with Crippen LogP contribution in [0.4, 0.5) is 5.82 Å². The first-order chi connectivity index (χ1) is 9.02. The van der Waals surface area contributed by atoms with Crippen LogP contribution < -0.4 is 10.6 Å². The van der Waals surface area contributed by atoms with Gasteiger partial charge in [0.05, 0.1) is 0 Å². The Bertz CT molecular complexity index is 436. The smallest absolute Gasteiger partial charge is 0.272 e. The van der Waals surface area contributed by atoms with Gasteiger partial charge in [0.15, 0.2) is 5.69 Å². The van der Waals surface area contributed by atoms with Crippen molar-refractivity contribution < 1.29 is 9.00 Å². The van der Waals surface area contributed by atoms with Crippen LogP contribution in [0, 0.1) is 0 Å². The molecular formula is C12H20N4O2S. The topological polar surface area (TPSA) is 84.0 Å². The number of anilines is 1. The summed E-state index contributed by atoms with van der Waals surface area (Å²) in [6.07, 6.45) is 2.60. The first-order valence-electron chi connectivity index (χ1n) is 6.21. The van der Waals surface area contributed by atoms with Crippen LogP contribution in [0.2, 0.25) is 0 Å². The molecule has 0 saturated heterocycles. The summed E-state index contributed by atoms with van der Waals surface area (Å²) >= 11 is 0. The van der Waals surface area contributed by atoms with Crippen molar-refractivity contribution >= 4 is 22.5 Å². The highest BCUT2D eigenvalue weighted by molar-refractivity contribution is 7.84. The summed E-state index contributed by atoms with van der Waals surface area (Å²) in [5.41, 5.74) is 0.260. The molecule has 0 aliphatic heterocycles. The second-order valence-corrected chi connectivity index (χ2v) is 5.82. The van der Waals surface area contributed by atoms with E-state index in [0.29, 0.717) is 11.6 Å². The monoisotopic (exact) mass is 284 g/mol. The molecule has 1 amide bonds. The van der Waals surface area contributed by atoms with Gasteiger partial charge in [0.2, 0.25) is 0 Å². The number of rotatable bonds is 7. The van der Waals surface area contributed by atoms with Crippen LogP contribution in [0.5, 0.6) is 0 Å². The second kappa shape index (κ2) is 7.83. The molecule has 106 valence electrons. The first kappa shape index (κ1) is 15.6. The van der Waals surface area contributed by atoms with E-state index in [-0.39, 0.29) is 17.6 Å². The van der Waals surface area contributed by atoms with Gasteiger partial charge >= 0.3 is 0 Å². The molecule has 0 aromatic carbocycles. The minimum absolute atomic E-state index is 0.155. The minimum Gasteiger partial charge on any atom is -0.369 e. The molecular weight excluding hydrogens is 264 g/mol. The fourth-order valence-electron chi connectivity index (χ4n) is 1.49. The van der Waals surface area contributed by atoms with Gasteiger partial charge in [0, 0.05) is 35.4 Å². The van der Waals surface area contributed by atoms with Gasteiger partial charge in [0.25, 0.3) is 5.91 Å². The molecule has 1 rings (SSSR count). The highest BCUT2D eigenvalue weighted by Crippen LogP contribution is 2.02. The number of nitrogens with zero attached hydrogens (tertiary/aromatic N) is 2. The molecule has 0 saturated carbocycles. The van der Waals surface area contributed by atoms with Gasteiger partial charge in [-0.3, -0.25) is 9.00 Å². The van der Waals surface area contributed by atoms with Gasteiger partial charge in [-0.15, -0.1) is 10.2 Å². The summed E-state index contributed by atoms with van der Waals surface area (Å²) in [6.45, 7) is 4.69. The summed E-state index contributed by atoms with van der Waals surface area (Å²) in [4.78, 5) is 11.8. The molecule has 2 atom stereocenters. The number of hydrogen-bond donors (Lipinski definition) is 2. The van der Waals surface area contributed by atoms with E-state index in [4.69, 9.17) is 0 Å². The molecule has 1 aromatic rings. The summed E-state index contributed by atoms with van der Waals surface area (Å²) in [5, 5.41) is 13.6. The lowest BCUT2D eigenvalue weighted by molar-refractivity contribution is 0.0937. The van der Waals surface area contributed by atoms with E-state index in [1.165, 1.54) is 0 Å². The van der Waals surface area contributed by atoms with Crippen LogP contribution in [0.15, 0.2) is 12.1 Å². The lowest BCUT2D eigenvalue weighted by atomic mass is 10.3. The zero-order valence-electron chi connectivity index (χ0n) is 11.5. The average Bonchev–Trinajstić information content (AvgIpc) is 2.35. The van der Waals surface area contributed by atoms with Gasteiger partial charge in [-0.05, 0) is 25.5 Å². The van der Waals surface area contributed by atoms with Crippen LogP contribution >= 0.6 is 0 Å². The largest absolute Gasteiger partial charge is 0.369 e. The lowest BCUT2D eigenvalue weighted by Crippen LogP contribution is -2.36. The van der Waals surface area contributed by atoms with Crippen molar-refractivity contribution in [3.63, 3.8) is 0 Å². The van der Waals surface area contributed by atoms with Crippen LogP contribution in [0.25, 0.3) is 0 Å². The van der Waals surface area contributed by atoms with E-state index in [1.54, 1.807) is 18.4 Å². The lowest BCUT2D eigenvalue weighted by Gasteiger charge is -2.11. The van der Waals surface area contributed by atoms with Crippen LogP contribution in [-0.4, -0.2) is 44.9 Å². The fraction of sp³-hybridized carbons (Fsp3) is 0.583. The van der Waals surface area contributed by atoms with E-state index >= 15 is 0 Å². The molecule has 0 radical (unpaired) electrons. The van der Waals surface area contributed by atoms with Crippen molar-refractivity contribution in [1.29, 1.82) is 0 Å².